The number of amidine groups is 1. The molecule has 0 aliphatic carbocycles. The van der Waals surface area contributed by atoms with Crippen LogP contribution in [0.25, 0.3) is 0 Å². The lowest BCUT2D eigenvalue weighted by Crippen LogP contribution is -2.44. The molecule has 4 nitrogen and oxygen atoms in total. The first-order chi connectivity index (χ1) is 10.8. The molecule has 0 saturated carbocycles. The van der Waals surface area contributed by atoms with Gasteiger partial charge in [0, 0.05) is 13.1 Å². The molecule has 128 valence electrons. The summed E-state index contributed by atoms with van der Waals surface area (Å²) >= 11 is 0. The fraction of sp³-hybridized carbons (Fsp3) is 0.588. The molecule has 23 heavy (non-hydrogen) atoms. The summed E-state index contributed by atoms with van der Waals surface area (Å²) in [7, 11) is -3.17. The fourth-order valence-electron chi connectivity index (χ4n) is 3.18. The number of rotatable bonds is 1. The molecule has 0 radical (unpaired) electrons. The Morgan fingerprint density at radius 1 is 1.04 bits per heavy atom. The van der Waals surface area contributed by atoms with Gasteiger partial charge in [0.15, 0.2) is 16.6 Å². The van der Waals surface area contributed by atoms with Gasteiger partial charge in [-0.15, -0.1) is 0 Å². The van der Waals surface area contributed by atoms with E-state index in [1.165, 1.54) is 0 Å². The van der Waals surface area contributed by atoms with Crippen LogP contribution in [0, 0.1) is 0 Å². The number of benzene rings is 1. The highest BCUT2D eigenvalue weighted by Crippen LogP contribution is 2.24. The van der Waals surface area contributed by atoms with Crippen LogP contribution >= 0.6 is 0 Å². The van der Waals surface area contributed by atoms with Crippen molar-refractivity contribution in [3.05, 3.63) is 29.8 Å². The minimum absolute atomic E-state index is 0.290. The number of aromatic hydroxyl groups is 1. The average Bonchev–Trinajstić information content (AvgIpc) is 2.44. The quantitative estimate of drug-likeness (QED) is 0.754. The Kier molecular flexibility index (Phi) is 6.05. The molecule has 0 amide bonds. The Bertz CT molecular complexity index is 559. The van der Waals surface area contributed by atoms with E-state index in [2.05, 4.69) is 31.5 Å². The number of aliphatic imine (C=N–C) groups is 1. The molecule has 1 heterocycles. The van der Waals surface area contributed by atoms with E-state index in [4.69, 9.17) is 9.11 Å². The molecule has 1 aromatic rings. The average molecular weight is 351 g/mol. The van der Waals surface area contributed by atoms with Gasteiger partial charge < -0.3 is 14.5 Å². The maximum atomic E-state index is 10.1. The Hall–Kier alpha value is -1.12. The molecule has 1 aliphatic heterocycles. The van der Waals surface area contributed by atoms with Crippen molar-refractivity contribution in [3.8, 4) is 5.75 Å². The summed E-state index contributed by atoms with van der Waals surface area (Å²) in [6.45, 7) is 11.0. The minimum atomic E-state index is -1.59. The van der Waals surface area contributed by atoms with Crippen LogP contribution < -0.4 is 5.32 Å². The molecule has 6 heteroatoms. The van der Waals surface area contributed by atoms with Crippen molar-refractivity contribution in [2.24, 2.45) is 4.99 Å². The molecule has 0 spiro atoms. The molecule has 0 unspecified atom stereocenters. The maximum Gasteiger partial charge on any atom is 0.173 e. The Morgan fingerprint density at radius 3 is 2.39 bits per heavy atom. The molecule has 0 atom stereocenters. The highest BCUT2D eigenvalue weighted by atomic mass is 28.4. The normalized spacial score (nSPS) is 22.2. The van der Waals surface area contributed by atoms with Gasteiger partial charge in [0.05, 0.1) is 5.56 Å². The first-order valence-corrected chi connectivity index (χ1v) is 14.8. The van der Waals surface area contributed by atoms with E-state index >= 15 is 0 Å². The predicted octanol–water partition coefficient (Wildman–Crippen LogP) is 3.95. The van der Waals surface area contributed by atoms with Crippen LogP contribution in [0.5, 0.6) is 5.75 Å². The molecule has 1 aromatic carbocycles. The highest BCUT2D eigenvalue weighted by molar-refractivity contribution is 6.84. The van der Waals surface area contributed by atoms with Crippen molar-refractivity contribution in [3.63, 3.8) is 0 Å². The third-order valence-corrected chi connectivity index (χ3v) is 11.7. The van der Waals surface area contributed by atoms with Gasteiger partial charge in [0.25, 0.3) is 0 Å². The van der Waals surface area contributed by atoms with Crippen LogP contribution in [-0.2, 0) is 4.12 Å². The van der Waals surface area contributed by atoms with Gasteiger partial charge in [-0.1, -0.05) is 12.1 Å². The van der Waals surface area contributed by atoms with Gasteiger partial charge in [0.2, 0.25) is 0 Å². The molecule has 1 aliphatic rings. The molecule has 0 bridgehead atoms. The monoisotopic (exact) mass is 350 g/mol. The third-order valence-electron chi connectivity index (χ3n) is 4.17. The minimum Gasteiger partial charge on any atom is -0.507 e. The van der Waals surface area contributed by atoms with E-state index in [1.807, 2.05) is 18.2 Å². The van der Waals surface area contributed by atoms with E-state index < -0.39 is 16.6 Å². The summed E-state index contributed by atoms with van der Waals surface area (Å²) in [5.41, 5.74) is 0.800. The summed E-state index contributed by atoms with van der Waals surface area (Å²) in [5, 5.41) is 13.5. The molecule has 0 aromatic heterocycles. The highest BCUT2D eigenvalue weighted by Gasteiger charge is 2.32. The second-order valence-corrected chi connectivity index (χ2v) is 16.4. The number of para-hydroxylation sites is 1. The number of phenols is 1. The Morgan fingerprint density at radius 2 is 1.70 bits per heavy atom. The van der Waals surface area contributed by atoms with Crippen LogP contribution in [-0.4, -0.2) is 40.7 Å². The smallest absolute Gasteiger partial charge is 0.173 e. The molecule has 2 rings (SSSR count). The topological polar surface area (TPSA) is 53.9 Å². The second kappa shape index (κ2) is 7.64. The van der Waals surface area contributed by atoms with Gasteiger partial charge >= 0.3 is 0 Å². The predicted molar refractivity (Wildman–Crippen MR) is 102 cm³/mol. The summed E-state index contributed by atoms with van der Waals surface area (Å²) in [6, 6.07) is 9.72. The summed E-state index contributed by atoms with van der Waals surface area (Å²) in [6.07, 6.45) is 2.12. The number of hydrogen-bond donors (Lipinski definition) is 2. The van der Waals surface area contributed by atoms with Crippen LogP contribution in [0.15, 0.2) is 29.3 Å². The Labute approximate surface area is 142 Å². The Balaban J connectivity index is 2.16. The zero-order valence-electron chi connectivity index (χ0n) is 14.9. The van der Waals surface area contributed by atoms with Crippen LogP contribution in [0.4, 0.5) is 0 Å². The number of hydrogen-bond acceptors (Lipinski definition) is 4. The third kappa shape index (κ3) is 5.78. The molecular formula is C17H30N2O2Si2. The lowest BCUT2D eigenvalue weighted by Gasteiger charge is -2.34. The summed E-state index contributed by atoms with van der Waals surface area (Å²) < 4.78 is 6.59. The number of nitrogens with one attached hydrogen (secondary N) is 1. The van der Waals surface area contributed by atoms with Gasteiger partial charge in [-0.05, 0) is 63.3 Å². The van der Waals surface area contributed by atoms with E-state index in [0.29, 0.717) is 5.75 Å². The lowest BCUT2D eigenvalue weighted by molar-refractivity contribution is 0.473. The SMILES string of the molecule is C[Si]1(C)CCCN=C(c2ccccc2O)NCCC[Si](C)(C)O1. The molecule has 0 fully saturated rings. The van der Waals surface area contributed by atoms with E-state index in [9.17, 15) is 5.11 Å². The second-order valence-electron chi connectivity index (χ2n) is 7.50. The van der Waals surface area contributed by atoms with E-state index in [-0.39, 0.29) is 0 Å². The standard InChI is InChI=1S/C17H30N2O2Si2/c1-22(2)13-7-11-18-17(15-9-5-6-10-16(15)20)19-12-8-14-23(3,4)21-22/h5-6,9-10,20H,7-8,11-14H2,1-4H3,(H,18,19). The zero-order chi connectivity index (χ0) is 16.9. The fourth-order valence-corrected chi connectivity index (χ4v) is 12.0. The van der Waals surface area contributed by atoms with Gasteiger partial charge in [0.1, 0.15) is 11.6 Å². The van der Waals surface area contributed by atoms with Crippen molar-refractivity contribution in [2.75, 3.05) is 13.1 Å². The van der Waals surface area contributed by atoms with E-state index in [0.717, 1.165) is 49.4 Å². The first kappa shape index (κ1) is 18.2. The van der Waals surface area contributed by atoms with Crippen molar-refractivity contribution < 1.29 is 9.22 Å². The van der Waals surface area contributed by atoms with Gasteiger partial charge in [-0.2, -0.15) is 0 Å². The molecule has 0 saturated heterocycles. The van der Waals surface area contributed by atoms with Crippen LogP contribution in [0.3, 0.4) is 0 Å². The number of phenolic OH excluding ortho intramolecular Hbond substituents is 1. The van der Waals surface area contributed by atoms with Crippen molar-refractivity contribution in [2.45, 2.75) is 51.1 Å². The van der Waals surface area contributed by atoms with Gasteiger partial charge in [-0.3, -0.25) is 4.99 Å². The van der Waals surface area contributed by atoms with Gasteiger partial charge in [-0.25, -0.2) is 0 Å². The first-order valence-electron chi connectivity index (χ1n) is 8.56. The zero-order valence-corrected chi connectivity index (χ0v) is 16.9. The largest absolute Gasteiger partial charge is 0.507 e. The van der Waals surface area contributed by atoms with Crippen LogP contribution in [0.1, 0.15) is 18.4 Å². The molecular weight excluding hydrogens is 320 g/mol. The lowest BCUT2D eigenvalue weighted by atomic mass is 10.2. The summed E-state index contributed by atoms with van der Waals surface area (Å²) in [5.74, 6) is 1.11. The van der Waals surface area contributed by atoms with E-state index in [1.54, 1.807) is 6.07 Å². The molecule has 2 N–H and O–H groups in total. The maximum absolute atomic E-state index is 10.1. The van der Waals surface area contributed by atoms with Crippen molar-refractivity contribution in [1.82, 2.24) is 5.32 Å². The van der Waals surface area contributed by atoms with Crippen molar-refractivity contribution >= 4 is 22.5 Å². The number of nitrogens with zero attached hydrogens (tertiary/aromatic N) is 1. The van der Waals surface area contributed by atoms with Crippen LogP contribution in [0.2, 0.25) is 38.3 Å². The summed E-state index contributed by atoms with van der Waals surface area (Å²) in [4.78, 5) is 4.71. The van der Waals surface area contributed by atoms with Crippen molar-refractivity contribution in [1.29, 1.82) is 0 Å².